The van der Waals surface area contributed by atoms with Crippen LogP contribution < -0.4 is 5.32 Å². The Labute approximate surface area is 102 Å². The van der Waals surface area contributed by atoms with E-state index in [1.54, 1.807) is 12.1 Å². The normalized spacial score (nSPS) is 11.9. The van der Waals surface area contributed by atoms with E-state index >= 15 is 0 Å². The van der Waals surface area contributed by atoms with Gasteiger partial charge in [-0.3, -0.25) is 9.59 Å². The van der Waals surface area contributed by atoms with E-state index in [9.17, 15) is 9.59 Å². The van der Waals surface area contributed by atoms with E-state index in [1.165, 1.54) is 6.07 Å². The molecule has 0 saturated carbocycles. The van der Waals surface area contributed by atoms with Crippen LogP contribution in [0, 0.1) is 0 Å². The Kier molecular flexibility index (Phi) is 4.58. The Hall–Kier alpha value is -1.26. The molecule has 0 fully saturated rings. The maximum atomic E-state index is 10.6. The smallest absolute Gasteiger partial charge is 0.305 e. The Morgan fingerprint density at radius 1 is 1.38 bits per heavy atom. The SMILES string of the molecule is O=CNC(CC(=O)O)c1cc(Cl)cc(Cl)c1. The molecule has 1 amide bonds. The first-order valence-electron chi connectivity index (χ1n) is 4.40. The molecule has 0 radical (unpaired) electrons. The fourth-order valence-electron chi connectivity index (χ4n) is 1.31. The van der Waals surface area contributed by atoms with E-state index in [4.69, 9.17) is 28.3 Å². The summed E-state index contributed by atoms with van der Waals surface area (Å²) in [5.74, 6) is -1.02. The molecule has 16 heavy (non-hydrogen) atoms. The lowest BCUT2D eigenvalue weighted by Gasteiger charge is -2.14. The van der Waals surface area contributed by atoms with Gasteiger partial charge in [0.05, 0.1) is 12.5 Å². The molecule has 0 aliphatic rings. The highest BCUT2D eigenvalue weighted by Gasteiger charge is 2.15. The molecule has 0 saturated heterocycles. The second kappa shape index (κ2) is 5.72. The summed E-state index contributed by atoms with van der Waals surface area (Å²) >= 11 is 11.6. The van der Waals surface area contributed by atoms with Crippen LogP contribution in [0.3, 0.4) is 0 Å². The fraction of sp³-hybridized carbons (Fsp3) is 0.200. The molecular weight excluding hydrogens is 253 g/mol. The number of nitrogens with one attached hydrogen (secondary N) is 1. The summed E-state index contributed by atoms with van der Waals surface area (Å²) in [7, 11) is 0. The number of amides is 1. The summed E-state index contributed by atoms with van der Waals surface area (Å²) in [6, 6.07) is 4.03. The van der Waals surface area contributed by atoms with Crippen LogP contribution in [0.15, 0.2) is 18.2 Å². The number of rotatable bonds is 5. The van der Waals surface area contributed by atoms with E-state index in [-0.39, 0.29) is 6.42 Å². The summed E-state index contributed by atoms with van der Waals surface area (Å²) in [5.41, 5.74) is 0.562. The van der Waals surface area contributed by atoms with E-state index in [0.717, 1.165) is 0 Å². The minimum absolute atomic E-state index is 0.227. The molecule has 1 unspecified atom stereocenters. The lowest BCUT2D eigenvalue weighted by atomic mass is 10.0. The standard InChI is InChI=1S/C10H9Cl2NO3/c11-7-1-6(2-8(12)3-7)9(13-5-14)4-10(15)16/h1-3,5,9H,4H2,(H,13,14)(H,15,16). The van der Waals surface area contributed by atoms with Crippen molar-refractivity contribution in [3.8, 4) is 0 Å². The van der Waals surface area contributed by atoms with Gasteiger partial charge in [-0.25, -0.2) is 0 Å². The lowest BCUT2D eigenvalue weighted by molar-refractivity contribution is -0.137. The van der Waals surface area contributed by atoms with Gasteiger partial charge in [0.2, 0.25) is 6.41 Å². The molecule has 2 N–H and O–H groups in total. The second-order valence-electron chi connectivity index (χ2n) is 3.14. The number of carboxylic acid groups (broad SMARTS) is 1. The van der Waals surface area contributed by atoms with Crippen molar-refractivity contribution in [3.05, 3.63) is 33.8 Å². The highest BCUT2D eigenvalue weighted by atomic mass is 35.5. The molecule has 4 nitrogen and oxygen atoms in total. The summed E-state index contributed by atoms with van der Waals surface area (Å²) < 4.78 is 0. The zero-order chi connectivity index (χ0) is 12.1. The Morgan fingerprint density at radius 2 is 1.94 bits per heavy atom. The van der Waals surface area contributed by atoms with Crippen LogP contribution >= 0.6 is 23.2 Å². The molecular formula is C10H9Cl2NO3. The van der Waals surface area contributed by atoms with Gasteiger partial charge in [0.1, 0.15) is 0 Å². The highest BCUT2D eigenvalue weighted by molar-refractivity contribution is 6.34. The first kappa shape index (κ1) is 12.8. The van der Waals surface area contributed by atoms with Crippen molar-refractivity contribution in [3.63, 3.8) is 0 Å². The first-order valence-corrected chi connectivity index (χ1v) is 5.16. The highest BCUT2D eigenvalue weighted by Crippen LogP contribution is 2.25. The van der Waals surface area contributed by atoms with Crippen molar-refractivity contribution in [1.82, 2.24) is 5.32 Å². The number of benzene rings is 1. The average molecular weight is 262 g/mol. The van der Waals surface area contributed by atoms with Gasteiger partial charge in [-0.15, -0.1) is 0 Å². The van der Waals surface area contributed by atoms with Gasteiger partial charge in [-0.2, -0.15) is 0 Å². The van der Waals surface area contributed by atoms with Crippen LogP contribution in [0.4, 0.5) is 0 Å². The molecule has 0 aliphatic heterocycles. The second-order valence-corrected chi connectivity index (χ2v) is 4.01. The third kappa shape index (κ3) is 3.72. The molecule has 86 valence electrons. The molecule has 0 heterocycles. The summed E-state index contributed by atoms with van der Waals surface area (Å²) in [4.78, 5) is 21.0. The molecule has 1 aromatic rings. The van der Waals surface area contributed by atoms with Gasteiger partial charge in [-0.1, -0.05) is 23.2 Å². The Morgan fingerprint density at radius 3 is 2.38 bits per heavy atom. The van der Waals surface area contributed by atoms with Crippen LogP contribution in [0.25, 0.3) is 0 Å². The maximum absolute atomic E-state index is 10.6. The summed E-state index contributed by atoms with van der Waals surface area (Å²) in [6.45, 7) is 0. The molecule has 1 atom stereocenters. The van der Waals surface area contributed by atoms with Gasteiger partial charge in [0.25, 0.3) is 0 Å². The Balaban J connectivity index is 2.99. The first-order chi connectivity index (χ1) is 7.52. The molecule has 0 spiro atoms. The molecule has 6 heteroatoms. The topological polar surface area (TPSA) is 66.4 Å². The van der Waals surface area contributed by atoms with Gasteiger partial charge in [0, 0.05) is 10.0 Å². The lowest BCUT2D eigenvalue weighted by Crippen LogP contribution is -2.22. The van der Waals surface area contributed by atoms with Gasteiger partial charge >= 0.3 is 5.97 Å². The van der Waals surface area contributed by atoms with Gasteiger partial charge < -0.3 is 10.4 Å². The quantitative estimate of drug-likeness (QED) is 0.800. The molecule has 1 aromatic carbocycles. The molecule has 0 aromatic heterocycles. The molecule has 0 bridgehead atoms. The number of aliphatic carboxylic acids is 1. The summed E-state index contributed by atoms with van der Waals surface area (Å²) in [6.07, 6.45) is 0.220. The van der Waals surface area contributed by atoms with Crippen molar-refractivity contribution in [2.24, 2.45) is 0 Å². The van der Waals surface area contributed by atoms with Crippen LogP contribution in [0.5, 0.6) is 0 Å². The van der Waals surface area contributed by atoms with Crippen LogP contribution in [0.2, 0.25) is 10.0 Å². The predicted molar refractivity (Wildman–Crippen MR) is 60.7 cm³/mol. The van der Waals surface area contributed by atoms with E-state index < -0.39 is 12.0 Å². The minimum atomic E-state index is -1.02. The summed E-state index contributed by atoms with van der Waals surface area (Å²) in [5, 5.41) is 11.9. The van der Waals surface area contributed by atoms with E-state index in [0.29, 0.717) is 22.0 Å². The number of hydrogen-bond acceptors (Lipinski definition) is 2. The Bertz CT molecular complexity index is 389. The van der Waals surface area contributed by atoms with Crippen molar-refractivity contribution in [2.75, 3.05) is 0 Å². The number of hydrogen-bond donors (Lipinski definition) is 2. The zero-order valence-electron chi connectivity index (χ0n) is 8.11. The number of carbonyl (C=O) groups excluding carboxylic acids is 1. The fourth-order valence-corrected chi connectivity index (χ4v) is 1.85. The molecule has 0 aliphatic carbocycles. The zero-order valence-corrected chi connectivity index (χ0v) is 9.63. The number of carboxylic acids is 1. The van der Waals surface area contributed by atoms with Crippen molar-refractivity contribution in [1.29, 1.82) is 0 Å². The van der Waals surface area contributed by atoms with E-state index in [2.05, 4.69) is 5.32 Å². The average Bonchev–Trinajstić information content (AvgIpc) is 2.14. The van der Waals surface area contributed by atoms with Gasteiger partial charge in [-0.05, 0) is 23.8 Å². The van der Waals surface area contributed by atoms with Crippen molar-refractivity contribution >= 4 is 35.6 Å². The van der Waals surface area contributed by atoms with Crippen LogP contribution in [0.1, 0.15) is 18.0 Å². The van der Waals surface area contributed by atoms with Gasteiger partial charge in [0.15, 0.2) is 0 Å². The van der Waals surface area contributed by atoms with Crippen LogP contribution in [-0.2, 0) is 9.59 Å². The minimum Gasteiger partial charge on any atom is -0.481 e. The third-order valence-electron chi connectivity index (χ3n) is 1.94. The maximum Gasteiger partial charge on any atom is 0.305 e. The third-order valence-corrected chi connectivity index (χ3v) is 2.37. The monoisotopic (exact) mass is 261 g/mol. The van der Waals surface area contributed by atoms with Crippen molar-refractivity contribution < 1.29 is 14.7 Å². The van der Waals surface area contributed by atoms with Crippen molar-refractivity contribution in [2.45, 2.75) is 12.5 Å². The number of halogens is 2. The predicted octanol–water partition coefficient (Wildman–Crippen LogP) is 2.26. The largest absolute Gasteiger partial charge is 0.481 e. The van der Waals surface area contributed by atoms with Crippen LogP contribution in [-0.4, -0.2) is 17.5 Å². The number of carbonyl (C=O) groups is 2. The molecule has 1 rings (SSSR count). The van der Waals surface area contributed by atoms with E-state index in [1.807, 2.05) is 0 Å².